The lowest BCUT2D eigenvalue weighted by molar-refractivity contribution is -0.188. The molecule has 1 aromatic carbocycles. The lowest BCUT2D eigenvalue weighted by atomic mass is 10.1. The molecule has 1 amide bonds. The summed E-state index contributed by atoms with van der Waals surface area (Å²) in [6.07, 6.45) is -5.18. The van der Waals surface area contributed by atoms with Crippen LogP contribution in [0.5, 0.6) is 0 Å². The molecule has 104 valence electrons. The van der Waals surface area contributed by atoms with Crippen LogP contribution in [-0.4, -0.2) is 35.1 Å². The Hall–Kier alpha value is -2.12. The number of rotatable bonds is 3. The summed E-state index contributed by atoms with van der Waals surface area (Å²) in [5, 5.41) is 8.93. The van der Waals surface area contributed by atoms with Gasteiger partial charge in [0.25, 0.3) is 0 Å². The van der Waals surface area contributed by atoms with Crippen molar-refractivity contribution in [3.63, 3.8) is 0 Å². The molecule has 1 N–H and O–H groups in total. The molecule has 0 aliphatic heterocycles. The first kappa shape index (κ1) is 14.9. The molecule has 0 bridgehead atoms. The number of alkyl halides is 3. The number of aliphatic carboxylic acids is 1. The van der Waals surface area contributed by atoms with E-state index >= 15 is 0 Å². The molecule has 0 saturated carbocycles. The second kappa shape index (κ2) is 5.25. The molecule has 0 spiro atoms. The van der Waals surface area contributed by atoms with Crippen LogP contribution >= 0.6 is 0 Å². The number of halogens is 4. The van der Waals surface area contributed by atoms with Gasteiger partial charge in [-0.1, -0.05) is 12.1 Å². The molecule has 0 aliphatic rings. The average molecular weight is 279 g/mol. The Morgan fingerprint density at radius 2 is 1.68 bits per heavy atom. The van der Waals surface area contributed by atoms with E-state index < -0.39 is 29.9 Å². The Bertz CT molecular complexity index is 484. The molecule has 0 saturated heterocycles. The molecule has 0 heterocycles. The maximum atomic E-state index is 12.7. The number of hydrogen-bond donors (Lipinski definition) is 1. The van der Waals surface area contributed by atoms with Gasteiger partial charge in [0.15, 0.2) is 6.04 Å². The fourth-order valence-electron chi connectivity index (χ4n) is 1.49. The van der Waals surface area contributed by atoms with Crippen LogP contribution in [0.4, 0.5) is 17.6 Å². The number of amides is 1. The summed E-state index contributed by atoms with van der Waals surface area (Å²) in [5.74, 6) is -4.60. The predicted octanol–water partition coefficient (Wildman–Crippen LogP) is 1.97. The summed E-state index contributed by atoms with van der Waals surface area (Å²) < 4.78 is 49.5. The molecule has 0 aliphatic carbocycles. The molecule has 1 aromatic rings. The van der Waals surface area contributed by atoms with Crippen molar-refractivity contribution in [2.45, 2.75) is 12.2 Å². The maximum absolute atomic E-state index is 12.7. The Labute approximate surface area is 105 Å². The minimum atomic E-state index is -5.18. The second-order valence-corrected chi connectivity index (χ2v) is 3.71. The second-order valence-electron chi connectivity index (χ2n) is 3.71. The van der Waals surface area contributed by atoms with Crippen molar-refractivity contribution >= 4 is 11.9 Å². The summed E-state index contributed by atoms with van der Waals surface area (Å²) in [7, 11) is 0.720. The van der Waals surface area contributed by atoms with Crippen LogP contribution in [0.2, 0.25) is 0 Å². The lowest BCUT2D eigenvalue weighted by Gasteiger charge is -2.25. The number of nitrogens with zero attached hydrogens (tertiary/aromatic N) is 1. The zero-order valence-corrected chi connectivity index (χ0v) is 9.61. The first-order valence-electron chi connectivity index (χ1n) is 4.97. The van der Waals surface area contributed by atoms with Gasteiger partial charge in [-0.3, -0.25) is 4.79 Å². The number of hydrogen-bond acceptors (Lipinski definition) is 2. The number of benzene rings is 1. The number of carbonyl (C=O) groups is 2. The average Bonchev–Trinajstić information content (AvgIpc) is 2.29. The topological polar surface area (TPSA) is 57.6 Å². The van der Waals surface area contributed by atoms with Gasteiger partial charge in [0, 0.05) is 7.05 Å². The van der Waals surface area contributed by atoms with Gasteiger partial charge in [0.2, 0.25) is 0 Å². The van der Waals surface area contributed by atoms with Gasteiger partial charge >= 0.3 is 18.1 Å². The maximum Gasteiger partial charge on any atom is 0.471 e. The van der Waals surface area contributed by atoms with E-state index in [2.05, 4.69) is 0 Å². The van der Waals surface area contributed by atoms with Crippen LogP contribution < -0.4 is 0 Å². The summed E-state index contributed by atoms with van der Waals surface area (Å²) in [6.45, 7) is 0. The molecule has 0 aromatic heterocycles. The molecule has 0 radical (unpaired) electrons. The fraction of sp³-hybridized carbons (Fsp3) is 0.273. The molecule has 1 unspecified atom stereocenters. The first-order valence-corrected chi connectivity index (χ1v) is 4.97. The van der Waals surface area contributed by atoms with Gasteiger partial charge < -0.3 is 10.0 Å². The SMILES string of the molecule is CN(C(=O)C(F)(F)F)C(C(=O)O)c1ccc(F)cc1. The van der Waals surface area contributed by atoms with Crippen molar-refractivity contribution in [2.75, 3.05) is 7.05 Å². The Kier molecular flexibility index (Phi) is 4.13. The monoisotopic (exact) mass is 279 g/mol. The highest BCUT2D eigenvalue weighted by Crippen LogP contribution is 2.26. The van der Waals surface area contributed by atoms with E-state index in [0.717, 1.165) is 31.3 Å². The molecular weight excluding hydrogens is 270 g/mol. The number of carboxylic acids is 1. The van der Waals surface area contributed by atoms with Crippen molar-refractivity contribution in [2.24, 2.45) is 0 Å². The zero-order chi connectivity index (χ0) is 14.8. The summed E-state index contributed by atoms with van der Waals surface area (Å²) in [4.78, 5) is 22.1. The zero-order valence-electron chi connectivity index (χ0n) is 9.61. The Morgan fingerprint density at radius 3 is 2.05 bits per heavy atom. The van der Waals surface area contributed by atoms with E-state index in [1.165, 1.54) is 0 Å². The summed E-state index contributed by atoms with van der Waals surface area (Å²) in [6, 6.07) is 1.98. The molecule has 0 fully saturated rings. The van der Waals surface area contributed by atoms with Gasteiger partial charge in [-0.25, -0.2) is 9.18 Å². The highest BCUT2D eigenvalue weighted by molar-refractivity contribution is 5.87. The molecule has 8 heteroatoms. The van der Waals surface area contributed by atoms with Crippen LogP contribution in [0.3, 0.4) is 0 Å². The molecule has 4 nitrogen and oxygen atoms in total. The minimum absolute atomic E-state index is 0.0512. The number of carboxylic acid groups (broad SMARTS) is 1. The highest BCUT2D eigenvalue weighted by Gasteiger charge is 2.45. The van der Waals surface area contributed by atoms with Gasteiger partial charge in [0.1, 0.15) is 5.82 Å². The lowest BCUT2D eigenvalue weighted by Crippen LogP contribution is -2.43. The third kappa shape index (κ3) is 3.43. The van der Waals surface area contributed by atoms with E-state index in [0.29, 0.717) is 0 Å². The van der Waals surface area contributed by atoms with E-state index in [9.17, 15) is 27.2 Å². The fourth-order valence-corrected chi connectivity index (χ4v) is 1.49. The van der Waals surface area contributed by atoms with Crippen LogP contribution in [0, 0.1) is 5.82 Å². The number of likely N-dealkylation sites (N-methyl/N-ethyl adjacent to an activating group) is 1. The van der Waals surface area contributed by atoms with Crippen molar-refractivity contribution in [1.29, 1.82) is 0 Å². The Morgan fingerprint density at radius 1 is 1.21 bits per heavy atom. The van der Waals surface area contributed by atoms with E-state index in [1.54, 1.807) is 0 Å². The van der Waals surface area contributed by atoms with Crippen molar-refractivity contribution in [3.05, 3.63) is 35.6 Å². The van der Waals surface area contributed by atoms with E-state index in [4.69, 9.17) is 5.11 Å². The van der Waals surface area contributed by atoms with Crippen LogP contribution in [-0.2, 0) is 9.59 Å². The standard InChI is InChI=1S/C11H9F4NO3/c1-16(10(19)11(13,14)15)8(9(17)18)6-2-4-7(12)5-3-6/h2-5,8H,1H3,(H,17,18). The smallest absolute Gasteiger partial charge is 0.471 e. The Balaban J connectivity index is 3.12. The minimum Gasteiger partial charge on any atom is -0.479 e. The van der Waals surface area contributed by atoms with E-state index in [-0.39, 0.29) is 10.5 Å². The molecule has 1 atom stereocenters. The first-order chi connectivity index (χ1) is 8.64. The van der Waals surface area contributed by atoms with Crippen LogP contribution in [0.15, 0.2) is 24.3 Å². The van der Waals surface area contributed by atoms with Crippen LogP contribution in [0.25, 0.3) is 0 Å². The quantitative estimate of drug-likeness (QED) is 0.861. The molecular formula is C11H9F4NO3. The van der Waals surface area contributed by atoms with Gasteiger partial charge in [-0.05, 0) is 17.7 Å². The largest absolute Gasteiger partial charge is 0.479 e. The third-order valence-electron chi connectivity index (χ3n) is 2.37. The number of carbonyl (C=O) groups excluding carboxylic acids is 1. The highest BCUT2D eigenvalue weighted by atomic mass is 19.4. The molecule has 1 rings (SSSR count). The van der Waals surface area contributed by atoms with Crippen molar-refractivity contribution in [1.82, 2.24) is 4.90 Å². The van der Waals surface area contributed by atoms with Gasteiger partial charge in [0.05, 0.1) is 0 Å². The molecule has 19 heavy (non-hydrogen) atoms. The van der Waals surface area contributed by atoms with Gasteiger partial charge in [-0.15, -0.1) is 0 Å². The normalized spacial score (nSPS) is 12.9. The third-order valence-corrected chi connectivity index (χ3v) is 2.37. The van der Waals surface area contributed by atoms with Gasteiger partial charge in [-0.2, -0.15) is 13.2 Å². The van der Waals surface area contributed by atoms with Crippen molar-refractivity contribution < 1.29 is 32.3 Å². The van der Waals surface area contributed by atoms with Crippen LogP contribution in [0.1, 0.15) is 11.6 Å². The van der Waals surface area contributed by atoms with E-state index in [1.807, 2.05) is 0 Å². The predicted molar refractivity (Wildman–Crippen MR) is 55.6 cm³/mol. The summed E-state index contributed by atoms with van der Waals surface area (Å²) in [5.41, 5.74) is -0.131. The summed E-state index contributed by atoms with van der Waals surface area (Å²) >= 11 is 0. The van der Waals surface area contributed by atoms with Crippen molar-refractivity contribution in [3.8, 4) is 0 Å².